The first-order valence-corrected chi connectivity index (χ1v) is 11.2. The van der Waals surface area contributed by atoms with Gasteiger partial charge in [0, 0.05) is 36.1 Å². The first-order chi connectivity index (χ1) is 15.5. The summed E-state index contributed by atoms with van der Waals surface area (Å²) in [6, 6.07) is 14.3. The van der Waals surface area contributed by atoms with Crippen LogP contribution in [0.2, 0.25) is 0 Å². The zero-order valence-electron chi connectivity index (χ0n) is 17.7. The highest BCUT2D eigenvalue weighted by molar-refractivity contribution is 7.09. The van der Waals surface area contributed by atoms with E-state index < -0.39 is 11.9 Å². The lowest BCUT2D eigenvalue weighted by Crippen LogP contribution is -2.23. The Kier molecular flexibility index (Phi) is 6.61. The topological polar surface area (TPSA) is 88.6 Å². The lowest BCUT2D eigenvalue weighted by Gasteiger charge is -2.15. The van der Waals surface area contributed by atoms with Crippen molar-refractivity contribution < 1.29 is 19.1 Å². The molecule has 2 heterocycles. The molecular weight excluding hydrogens is 426 g/mol. The molecule has 1 fully saturated rings. The fourth-order valence-electron chi connectivity index (χ4n) is 3.50. The van der Waals surface area contributed by atoms with E-state index in [-0.39, 0.29) is 12.5 Å². The van der Waals surface area contributed by atoms with Crippen molar-refractivity contribution in [1.29, 1.82) is 0 Å². The maximum atomic E-state index is 12.3. The Hall–Kier alpha value is -3.52. The Morgan fingerprint density at radius 1 is 1.19 bits per heavy atom. The minimum atomic E-state index is -0.573. The number of anilines is 1. The highest BCUT2D eigenvalue weighted by Gasteiger charge is 2.20. The van der Waals surface area contributed by atoms with Crippen molar-refractivity contribution in [3.63, 3.8) is 0 Å². The molecule has 0 unspecified atom stereocenters. The summed E-state index contributed by atoms with van der Waals surface area (Å²) in [4.78, 5) is 42.5. The van der Waals surface area contributed by atoms with Crippen LogP contribution >= 0.6 is 11.3 Å². The lowest BCUT2D eigenvalue weighted by atomic mass is 10.1. The average molecular weight is 450 g/mol. The van der Waals surface area contributed by atoms with Gasteiger partial charge in [0.25, 0.3) is 5.91 Å². The van der Waals surface area contributed by atoms with Crippen molar-refractivity contribution in [2.45, 2.75) is 26.3 Å². The number of esters is 1. The zero-order valence-corrected chi connectivity index (χ0v) is 18.5. The van der Waals surface area contributed by atoms with E-state index in [2.05, 4.69) is 10.3 Å². The summed E-state index contributed by atoms with van der Waals surface area (Å²) < 4.78 is 5.14. The number of aromatic nitrogens is 1. The number of carbonyl (C=O) groups is 3. The van der Waals surface area contributed by atoms with Gasteiger partial charge in [-0.2, -0.15) is 0 Å². The SMILES string of the molecule is Cc1nc(-c2cccc(NC(=O)COC(=O)c3ccc(CN4CCCC4=O)cc3)c2)cs1. The average Bonchev–Trinajstić information content (AvgIpc) is 3.41. The number of aryl methyl sites for hydroxylation is 1. The van der Waals surface area contributed by atoms with Gasteiger partial charge >= 0.3 is 5.97 Å². The first-order valence-electron chi connectivity index (χ1n) is 10.3. The van der Waals surface area contributed by atoms with Crippen LogP contribution in [0.15, 0.2) is 53.9 Å². The van der Waals surface area contributed by atoms with Crippen LogP contribution in [0.3, 0.4) is 0 Å². The quantitative estimate of drug-likeness (QED) is 0.550. The van der Waals surface area contributed by atoms with Crippen molar-refractivity contribution in [2.24, 2.45) is 0 Å². The van der Waals surface area contributed by atoms with Crippen molar-refractivity contribution in [2.75, 3.05) is 18.5 Å². The molecule has 2 amide bonds. The minimum Gasteiger partial charge on any atom is -0.452 e. The molecule has 2 aromatic carbocycles. The van der Waals surface area contributed by atoms with E-state index in [1.165, 1.54) is 0 Å². The number of carbonyl (C=O) groups excluding carboxylic acids is 3. The van der Waals surface area contributed by atoms with E-state index in [1.54, 1.807) is 41.7 Å². The van der Waals surface area contributed by atoms with E-state index >= 15 is 0 Å². The number of thiazole rings is 1. The number of hydrogen-bond donors (Lipinski definition) is 1. The van der Waals surface area contributed by atoms with E-state index in [9.17, 15) is 14.4 Å². The molecule has 32 heavy (non-hydrogen) atoms. The van der Waals surface area contributed by atoms with Crippen LogP contribution in [0.5, 0.6) is 0 Å². The highest BCUT2D eigenvalue weighted by atomic mass is 32.1. The van der Waals surface area contributed by atoms with Gasteiger partial charge in [-0.05, 0) is 43.2 Å². The van der Waals surface area contributed by atoms with Crippen LogP contribution in [-0.4, -0.2) is 40.8 Å². The third-order valence-corrected chi connectivity index (χ3v) is 5.90. The lowest BCUT2D eigenvalue weighted by molar-refractivity contribution is -0.128. The Morgan fingerprint density at radius 2 is 2.00 bits per heavy atom. The zero-order chi connectivity index (χ0) is 22.5. The van der Waals surface area contributed by atoms with Gasteiger partial charge in [-0.25, -0.2) is 9.78 Å². The smallest absolute Gasteiger partial charge is 0.338 e. The standard InChI is InChI=1S/C24H23N3O4S/c1-16-25-21(15-32-16)19-4-2-5-20(12-19)26-22(28)14-31-24(30)18-9-7-17(8-10-18)13-27-11-3-6-23(27)29/h2,4-5,7-10,12,15H,3,6,11,13-14H2,1H3,(H,26,28). The molecule has 0 atom stereocenters. The summed E-state index contributed by atoms with van der Waals surface area (Å²) >= 11 is 1.56. The molecule has 1 aliphatic heterocycles. The second-order valence-electron chi connectivity index (χ2n) is 7.57. The summed E-state index contributed by atoms with van der Waals surface area (Å²) in [5.74, 6) is -0.837. The van der Waals surface area contributed by atoms with Gasteiger partial charge in [0.15, 0.2) is 6.61 Å². The van der Waals surface area contributed by atoms with Crippen LogP contribution in [0.4, 0.5) is 5.69 Å². The fourth-order valence-corrected chi connectivity index (χ4v) is 4.12. The normalized spacial score (nSPS) is 13.3. The number of ether oxygens (including phenoxy) is 1. The maximum Gasteiger partial charge on any atom is 0.338 e. The largest absolute Gasteiger partial charge is 0.452 e. The number of amides is 2. The Morgan fingerprint density at radius 3 is 2.69 bits per heavy atom. The molecule has 164 valence electrons. The molecule has 1 aromatic heterocycles. The highest BCUT2D eigenvalue weighted by Crippen LogP contribution is 2.24. The number of nitrogens with one attached hydrogen (secondary N) is 1. The number of hydrogen-bond acceptors (Lipinski definition) is 6. The van der Waals surface area contributed by atoms with Gasteiger partial charge in [0.2, 0.25) is 5.91 Å². The van der Waals surface area contributed by atoms with Crippen LogP contribution in [0, 0.1) is 6.92 Å². The second kappa shape index (κ2) is 9.74. The Balaban J connectivity index is 1.28. The summed E-state index contributed by atoms with van der Waals surface area (Å²) in [5.41, 5.74) is 3.67. The van der Waals surface area contributed by atoms with Gasteiger partial charge in [-0.3, -0.25) is 9.59 Å². The molecule has 8 heteroatoms. The maximum absolute atomic E-state index is 12.3. The van der Waals surface area contributed by atoms with Gasteiger partial charge < -0.3 is 15.0 Å². The summed E-state index contributed by atoms with van der Waals surface area (Å²) in [6.45, 7) is 2.86. The molecule has 0 radical (unpaired) electrons. The van der Waals surface area contributed by atoms with Gasteiger partial charge in [-0.15, -0.1) is 11.3 Å². The number of rotatable bonds is 7. The molecule has 4 rings (SSSR count). The van der Waals surface area contributed by atoms with E-state index in [1.807, 2.05) is 35.4 Å². The van der Waals surface area contributed by atoms with Crippen molar-refractivity contribution in [3.05, 3.63) is 70.0 Å². The molecule has 0 bridgehead atoms. The third kappa shape index (κ3) is 5.39. The van der Waals surface area contributed by atoms with Gasteiger partial charge in [-0.1, -0.05) is 24.3 Å². The predicted molar refractivity (Wildman–Crippen MR) is 122 cm³/mol. The molecule has 1 N–H and O–H groups in total. The molecule has 7 nitrogen and oxygen atoms in total. The molecule has 1 saturated heterocycles. The number of nitrogens with zero attached hydrogens (tertiary/aromatic N) is 2. The van der Waals surface area contributed by atoms with E-state index in [0.717, 1.165) is 34.8 Å². The monoisotopic (exact) mass is 449 g/mol. The number of benzene rings is 2. The molecule has 1 aliphatic rings. The van der Waals surface area contributed by atoms with Gasteiger partial charge in [0.05, 0.1) is 16.3 Å². The third-order valence-electron chi connectivity index (χ3n) is 5.13. The van der Waals surface area contributed by atoms with Crippen LogP contribution in [0.1, 0.15) is 33.8 Å². The predicted octanol–water partition coefficient (Wildman–Crippen LogP) is 4.04. The van der Waals surface area contributed by atoms with Crippen molar-refractivity contribution in [1.82, 2.24) is 9.88 Å². The Bertz CT molecular complexity index is 1140. The molecule has 3 aromatic rings. The molecular formula is C24H23N3O4S. The van der Waals surface area contributed by atoms with Crippen molar-refractivity contribution in [3.8, 4) is 11.3 Å². The summed E-state index contributed by atoms with van der Waals surface area (Å²) in [7, 11) is 0. The Labute approximate surface area is 190 Å². The van der Waals surface area contributed by atoms with Crippen LogP contribution in [-0.2, 0) is 20.9 Å². The van der Waals surface area contributed by atoms with Crippen molar-refractivity contribution >= 4 is 34.8 Å². The second-order valence-corrected chi connectivity index (χ2v) is 8.63. The molecule has 0 spiro atoms. The molecule has 0 aliphatic carbocycles. The first kappa shape index (κ1) is 21.7. The summed E-state index contributed by atoms with van der Waals surface area (Å²) in [5, 5.41) is 5.68. The van der Waals surface area contributed by atoms with Crippen LogP contribution < -0.4 is 5.32 Å². The summed E-state index contributed by atoms with van der Waals surface area (Å²) in [6.07, 6.45) is 1.49. The number of likely N-dealkylation sites (tertiary alicyclic amines) is 1. The van der Waals surface area contributed by atoms with Crippen LogP contribution in [0.25, 0.3) is 11.3 Å². The fraction of sp³-hybridized carbons (Fsp3) is 0.250. The van der Waals surface area contributed by atoms with Gasteiger partial charge in [0.1, 0.15) is 0 Å². The van der Waals surface area contributed by atoms with E-state index in [4.69, 9.17) is 4.74 Å². The molecule has 0 saturated carbocycles. The minimum absolute atomic E-state index is 0.159. The van der Waals surface area contributed by atoms with E-state index in [0.29, 0.717) is 24.2 Å².